The first-order chi connectivity index (χ1) is 16.2. The van der Waals surface area contributed by atoms with Crippen molar-refractivity contribution in [2.45, 2.75) is 32.7 Å². The van der Waals surface area contributed by atoms with Crippen molar-refractivity contribution in [3.63, 3.8) is 0 Å². The van der Waals surface area contributed by atoms with Crippen molar-refractivity contribution in [3.8, 4) is 11.5 Å². The average Bonchev–Trinajstić information content (AvgIpc) is 3.28. The van der Waals surface area contributed by atoms with E-state index < -0.39 is 0 Å². The van der Waals surface area contributed by atoms with Gasteiger partial charge in [0.2, 0.25) is 0 Å². The van der Waals surface area contributed by atoms with E-state index in [1.165, 1.54) is 11.3 Å². The lowest BCUT2D eigenvalue weighted by atomic mass is 10.1. The number of ether oxygens (including phenoxy) is 2. The van der Waals surface area contributed by atoms with E-state index in [9.17, 15) is 4.79 Å². The van der Waals surface area contributed by atoms with E-state index in [4.69, 9.17) is 14.5 Å². The Labute approximate surface area is 198 Å². The molecular formula is C27H28N2O3S. The maximum Gasteiger partial charge on any atom is 0.260 e. The van der Waals surface area contributed by atoms with Gasteiger partial charge in [-0.2, -0.15) is 0 Å². The van der Waals surface area contributed by atoms with E-state index >= 15 is 0 Å². The minimum absolute atomic E-state index is 0.108. The molecular weight excluding hydrogens is 432 g/mol. The largest absolute Gasteiger partial charge is 0.497 e. The third-order valence-electron chi connectivity index (χ3n) is 5.34. The molecule has 0 bridgehead atoms. The van der Waals surface area contributed by atoms with Crippen LogP contribution >= 0.6 is 11.3 Å². The molecule has 0 atom stereocenters. The third-order valence-corrected chi connectivity index (χ3v) is 6.40. The molecule has 0 aliphatic carbocycles. The monoisotopic (exact) mass is 460 g/mol. The molecule has 0 radical (unpaired) electrons. The highest BCUT2D eigenvalue weighted by molar-refractivity contribution is 7.22. The number of thiazole rings is 1. The number of rotatable bonds is 10. The van der Waals surface area contributed by atoms with Crippen molar-refractivity contribution in [2.75, 3.05) is 18.6 Å². The van der Waals surface area contributed by atoms with Crippen LogP contribution in [0, 0.1) is 0 Å². The van der Waals surface area contributed by atoms with Crippen molar-refractivity contribution < 1.29 is 14.3 Å². The first-order valence-corrected chi connectivity index (χ1v) is 12.0. The van der Waals surface area contributed by atoms with Crippen molar-refractivity contribution in [2.24, 2.45) is 0 Å². The number of anilines is 1. The summed E-state index contributed by atoms with van der Waals surface area (Å²) in [6.45, 7) is 3.25. The van der Waals surface area contributed by atoms with Crippen molar-refractivity contribution in [1.82, 2.24) is 4.98 Å². The lowest BCUT2D eigenvalue weighted by Gasteiger charge is -2.20. The Balaban J connectivity index is 1.64. The molecule has 4 rings (SSSR count). The second-order valence-corrected chi connectivity index (χ2v) is 8.80. The van der Waals surface area contributed by atoms with Crippen LogP contribution in [0.2, 0.25) is 0 Å². The number of fused-ring (bicyclic) bond motifs is 1. The Hall–Kier alpha value is -3.38. The summed E-state index contributed by atoms with van der Waals surface area (Å²) >= 11 is 1.50. The Kier molecular flexibility index (Phi) is 7.58. The topological polar surface area (TPSA) is 51.7 Å². The fraction of sp³-hybridized carbons (Fsp3) is 0.259. The highest BCUT2D eigenvalue weighted by Crippen LogP contribution is 2.33. The van der Waals surface area contributed by atoms with Gasteiger partial charge in [-0.1, -0.05) is 67.5 Å². The van der Waals surface area contributed by atoms with Crippen LogP contribution < -0.4 is 14.4 Å². The minimum atomic E-state index is -0.108. The molecule has 3 aromatic carbocycles. The number of nitrogens with zero attached hydrogens (tertiary/aromatic N) is 2. The van der Waals surface area contributed by atoms with Gasteiger partial charge in [0.1, 0.15) is 11.5 Å². The number of aromatic nitrogens is 1. The van der Waals surface area contributed by atoms with Gasteiger partial charge in [-0.15, -0.1) is 0 Å². The summed E-state index contributed by atoms with van der Waals surface area (Å²) in [4.78, 5) is 20.2. The van der Waals surface area contributed by atoms with Gasteiger partial charge in [0.25, 0.3) is 5.91 Å². The number of methoxy groups -OCH3 is 1. The molecule has 0 N–H and O–H groups in total. The Bertz CT molecular complexity index is 1210. The Morgan fingerprint density at radius 3 is 2.61 bits per heavy atom. The zero-order chi connectivity index (χ0) is 23.0. The highest BCUT2D eigenvalue weighted by Gasteiger charge is 2.22. The zero-order valence-electron chi connectivity index (χ0n) is 19.0. The molecule has 1 heterocycles. The van der Waals surface area contributed by atoms with Crippen LogP contribution in [-0.2, 0) is 6.54 Å². The van der Waals surface area contributed by atoms with Crippen molar-refractivity contribution >= 4 is 32.6 Å². The minimum Gasteiger partial charge on any atom is -0.497 e. The summed E-state index contributed by atoms with van der Waals surface area (Å²) in [7, 11) is 1.64. The summed E-state index contributed by atoms with van der Waals surface area (Å²) in [5.74, 6) is 1.35. The SMILES string of the molecule is CCCCCOc1cccc(C(=O)N(Cc2ccccc2)c2nc3cc(OC)ccc3s2)c1. The van der Waals surface area contributed by atoms with Crippen LogP contribution in [0.25, 0.3) is 10.2 Å². The fourth-order valence-corrected chi connectivity index (χ4v) is 4.49. The molecule has 0 spiro atoms. The second-order valence-electron chi connectivity index (χ2n) is 7.79. The van der Waals surface area contributed by atoms with E-state index in [0.29, 0.717) is 29.6 Å². The van der Waals surface area contributed by atoms with Gasteiger partial charge in [0, 0.05) is 11.6 Å². The Morgan fingerprint density at radius 1 is 0.970 bits per heavy atom. The Morgan fingerprint density at radius 2 is 1.82 bits per heavy atom. The van der Waals surface area contributed by atoms with Gasteiger partial charge in [-0.3, -0.25) is 9.69 Å². The molecule has 6 heteroatoms. The summed E-state index contributed by atoms with van der Waals surface area (Å²) in [6, 6.07) is 23.2. The third kappa shape index (κ3) is 5.71. The fourth-order valence-electron chi connectivity index (χ4n) is 3.55. The quantitative estimate of drug-likeness (QED) is 0.247. The molecule has 0 aliphatic rings. The molecule has 170 valence electrons. The van der Waals surface area contributed by atoms with Gasteiger partial charge in [-0.25, -0.2) is 4.98 Å². The van der Waals surface area contributed by atoms with Crippen LogP contribution in [0.5, 0.6) is 11.5 Å². The van der Waals surface area contributed by atoms with Crippen molar-refractivity contribution in [1.29, 1.82) is 0 Å². The summed E-state index contributed by atoms with van der Waals surface area (Å²) in [6.07, 6.45) is 3.28. The van der Waals surface area contributed by atoms with Gasteiger partial charge in [0.15, 0.2) is 5.13 Å². The standard InChI is InChI=1S/C27H28N2O3S/c1-3-4-8-16-32-23-13-9-12-21(17-23)26(30)29(19-20-10-6-5-7-11-20)27-28-24-18-22(31-2)14-15-25(24)33-27/h5-7,9-15,17-18H,3-4,8,16,19H2,1-2H3. The van der Waals surface area contributed by atoms with Crippen LogP contribution in [0.3, 0.4) is 0 Å². The van der Waals surface area contributed by atoms with E-state index in [1.807, 2.05) is 72.8 Å². The smallest absolute Gasteiger partial charge is 0.260 e. The van der Waals surface area contributed by atoms with Crippen LogP contribution in [0.4, 0.5) is 5.13 Å². The molecule has 0 unspecified atom stereocenters. The van der Waals surface area contributed by atoms with Crippen molar-refractivity contribution in [3.05, 3.63) is 83.9 Å². The number of amides is 1. The molecule has 4 aromatic rings. The van der Waals surface area contributed by atoms with Gasteiger partial charge >= 0.3 is 0 Å². The normalized spacial score (nSPS) is 10.8. The van der Waals surface area contributed by atoms with Gasteiger partial charge < -0.3 is 9.47 Å². The average molecular weight is 461 g/mol. The van der Waals surface area contributed by atoms with Crippen LogP contribution in [-0.4, -0.2) is 24.6 Å². The number of benzene rings is 3. The zero-order valence-corrected chi connectivity index (χ0v) is 19.8. The maximum absolute atomic E-state index is 13.7. The lowest BCUT2D eigenvalue weighted by molar-refractivity contribution is 0.0984. The molecule has 0 saturated heterocycles. The number of carbonyl (C=O) groups is 1. The number of unbranched alkanes of at least 4 members (excludes halogenated alkanes) is 2. The molecule has 0 fully saturated rings. The molecule has 1 amide bonds. The van der Waals surface area contributed by atoms with E-state index in [2.05, 4.69) is 6.92 Å². The lowest BCUT2D eigenvalue weighted by Crippen LogP contribution is -2.30. The molecule has 0 saturated carbocycles. The number of hydrogen-bond acceptors (Lipinski definition) is 5. The van der Waals surface area contributed by atoms with E-state index in [-0.39, 0.29) is 5.91 Å². The van der Waals surface area contributed by atoms with Crippen LogP contribution in [0.1, 0.15) is 42.1 Å². The van der Waals surface area contributed by atoms with Crippen LogP contribution in [0.15, 0.2) is 72.8 Å². The van der Waals surface area contributed by atoms with Gasteiger partial charge in [0.05, 0.1) is 30.5 Å². The highest BCUT2D eigenvalue weighted by atomic mass is 32.1. The number of hydrogen-bond donors (Lipinski definition) is 0. The molecule has 5 nitrogen and oxygen atoms in total. The predicted octanol–water partition coefficient (Wildman–Crippen LogP) is 6.72. The predicted molar refractivity (Wildman–Crippen MR) is 135 cm³/mol. The first-order valence-electron chi connectivity index (χ1n) is 11.2. The second kappa shape index (κ2) is 11.0. The van der Waals surface area contributed by atoms with Gasteiger partial charge in [-0.05, 0) is 42.3 Å². The van der Waals surface area contributed by atoms with E-state index in [1.54, 1.807) is 12.0 Å². The maximum atomic E-state index is 13.7. The number of carbonyl (C=O) groups excluding carboxylic acids is 1. The summed E-state index contributed by atoms with van der Waals surface area (Å²) in [5, 5.41) is 0.654. The molecule has 1 aromatic heterocycles. The molecule has 33 heavy (non-hydrogen) atoms. The first kappa shape index (κ1) is 22.8. The summed E-state index contributed by atoms with van der Waals surface area (Å²) < 4.78 is 12.2. The van der Waals surface area contributed by atoms with E-state index in [0.717, 1.165) is 40.8 Å². The summed E-state index contributed by atoms with van der Waals surface area (Å²) in [5.41, 5.74) is 2.43. The molecule has 0 aliphatic heterocycles.